The molecule has 0 unspecified atom stereocenters. The van der Waals surface area contributed by atoms with E-state index in [9.17, 15) is 13.2 Å². The zero-order valence-corrected chi connectivity index (χ0v) is 11.3. The second-order valence-electron chi connectivity index (χ2n) is 3.65. The average molecular weight is 271 g/mol. The van der Waals surface area contributed by atoms with Crippen LogP contribution in [0.25, 0.3) is 0 Å². The predicted molar refractivity (Wildman–Crippen MR) is 70.6 cm³/mol. The minimum atomic E-state index is -3.32. The maximum atomic E-state index is 11.6. The van der Waals surface area contributed by atoms with Crippen molar-refractivity contribution >= 4 is 21.4 Å². The first kappa shape index (κ1) is 14.5. The zero-order chi connectivity index (χ0) is 13.6. The van der Waals surface area contributed by atoms with Crippen LogP contribution in [0.5, 0.6) is 5.75 Å². The van der Waals surface area contributed by atoms with Crippen molar-refractivity contribution in [3.8, 4) is 5.75 Å². The number of nitrogens with one attached hydrogen (secondary N) is 1. The van der Waals surface area contributed by atoms with Gasteiger partial charge in [0.25, 0.3) is 0 Å². The number of rotatable bonds is 6. The standard InChI is InChI=1S/C12H17NO4S/c1-3-17-11-8-6-5-7-10(11)13-12(14)9-18(15,16)4-2/h5-8H,3-4,9H2,1-2H3,(H,13,14). The van der Waals surface area contributed by atoms with Crippen LogP contribution in [-0.2, 0) is 14.6 Å². The molecule has 0 saturated carbocycles. The lowest BCUT2D eigenvalue weighted by Crippen LogP contribution is -2.24. The van der Waals surface area contributed by atoms with E-state index in [-0.39, 0.29) is 5.75 Å². The summed E-state index contributed by atoms with van der Waals surface area (Å²) in [6.45, 7) is 3.82. The summed E-state index contributed by atoms with van der Waals surface area (Å²) in [5.41, 5.74) is 0.482. The topological polar surface area (TPSA) is 72.5 Å². The normalized spacial score (nSPS) is 11.0. The van der Waals surface area contributed by atoms with E-state index in [2.05, 4.69) is 5.32 Å². The van der Waals surface area contributed by atoms with E-state index in [4.69, 9.17) is 4.74 Å². The summed E-state index contributed by atoms with van der Waals surface area (Å²) >= 11 is 0. The van der Waals surface area contributed by atoms with Crippen LogP contribution in [-0.4, -0.2) is 32.4 Å². The highest BCUT2D eigenvalue weighted by molar-refractivity contribution is 7.92. The van der Waals surface area contributed by atoms with E-state index < -0.39 is 21.5 Å². The molecule has 0 spiro atoms. The summed E-state index contributed by atoms with van der Waals surface area (Å²) in [5, 5.41) is 2.54. The molecule has 1 N–H and O–H groups in total. The molecule has 1 amide bonds. The van der Waals surface area contributed by atoms with Gasteiger partial charge >= 0.3 is 0 Å². The fourth-order valence-electron chi connectivity index (χ4n) is 1.34. The van der Waals surface area contributed by atoms with E-state index in [1.165, 1.54) is 6.92 Å². The number of ether oxygens (including phenoxy) is 1. The van der Waals surface area contributed by atoms with E-state index in [0.717, 1.165) is 0 Å². The molecular weight excluding hydrogens is 254 g/mol. The Kier molecular flexibility index (Phi) is 5.15. The summed E-state index contributed by atoms with van der Waals surface area (Å²) in [7, 11) is -3.32. The highest BCUT2D eigenvalue weighted by Gasteiger charge is 2.15. The van der Waals surface area contributed by atoms with Gasteiger partial charge in [-0.25, -0.2) is 8.42 Å². The van der Waals surface area contributed by atoms with Crippen LogP contribution < -0.4 is 10.1 Å². The largest absolute Gasteiger partial charge is 0.492 e. The lowest BCUT2D eigenvalue weighted by atomic mass is 10.3. The third-order valence-electron chi connectivity index (χ3n) is 2.25. The van der Waals surface area contributed by atoms with Gasteiger partial charge in [-0.1, -0.05) is 19.1 Å². The Hall–Kier alpha value is -1.56. The van der Waals surface area contributed by atoms with Crippen molar-refractivity contribution < 1.29 is 17.9 Å². The molecular formula is C12H17NO4S. The highest BCUT2D eigenvalue weighted by Crippen LogP contribution is 2.23. The van der Waals surface area contributed by atoms with E-state index >= 15 is 0 Å². The molecule has 18 heavy (non-hydrogen) atoms. The van der Waals surface area contributed by atoms with E-state index in [1.807, 2.05) is 6.92 Å². The number of sulfone groups is 1. The summed E-state index contributed by atoms with van der Waals surface area (Å²) in [6, 6.07) is 6.91. The first-order chi connectivity index (χ1) is 8.48. The third kappa shape index (κ3) is 4.37. The molecule has 0 aliphatic carbocycles. The van der Waals surface area contributed by atoms with Gasteiger partial charge in [0.1, 0.15) is 11.5 Å². The van der Waals surface area contributed by atoms with Gasteiger partial charge in [-0.3, -0.25) is 4.79 Å². The van der Waals surface area contributed by atoms with Crippen LogP contribution >= 0.6 is 0 Å². The third-order valence-corrected chi connectivity index (χ3v) is 3.83. The highest BCUT2D eigenvalue weighted by atomic mass is 32.2. The number of carbonyl (C=O) groups excluding carboxylic acids is 1. The molecule has 100 valence electrons. The Balaban J connectivity index is 2.76. The number of hydrogen-bond acceptors (Lipinski definition) is 4. The maximum absolute atomic E-state index is 11.6. The number of amides is 1. The monoisotopic (exact) mass is 271 g/mol. The molecule has 0 fully saturated rings. The molecule has 6 heteroatoms. The average Bonchev–Trinajstić information content (AvgIpc) is 2.31. The quantitative estimate of drug-likeness (QED) is 0.850. The summed E-state index contributed by atoms with van der Waals surface area (Å²) in [5.74, 6) is -0.580. The van der Waals surface area contributed by atoms with Crippen LogP contribution in [0, 0.1) is 0 Å². The summed E-state index contributed by atoms with van der Waals surface area (Å²) < 4.78 is 28.0. The molecule has 0 bridgehead atoms. The van der Waals surface area contributed by atoms with Crippen molar-refractivity contribution in [3.63, 3.8) is 0 Å². The van der Waals surface area contributed by atoms with Gasteiger partial charge < -0.3 is 10.1 Å². The molecule has 1 aromatic carbocycles. The van der Waals surface area contributed by atoms with Crippen molar-refractivity contribution in [2.24, 2.45) is 0 Å². The molecule has 0 aromatic heterocycles. The SMILES string of the molecule is CCOc1ccccc1NC(=O)CS(=O)(=O)CC. The Bertz CT molecular complexity index is 511. The lowest BCUT2D eigenvalue weighted by Gasteiger charge is -2.11. The van der Waals surface area contributed by atoms with Gasteiger partial charge in [0, 0.05) is 5.75 Å². The smallest absolute Gasteiger partial charge is 0.239 e. The van der Waals surface area contributed by atoms with Crippen molar-refractivity contribution in [1.82, 2.24) is 0 Å². The molecule has 1 aromatic rings. The number of para-hydroxylation sites is 2. The fraction of sp³-hybridized carbons (Fsp3) is 0.417. The molecule has 0 radical (unpaired) electrons. The van der Waals surface area contributed by atoms with Crippen LogP contribution in [0.15, 0.2) is 24.3 Å². The van der Waals surface area contributed by atoms with Crippen LogP contribution in [0.3, 0.4) is 0 Å². The van der Waals surface area contributed by atoms with E-state index in [1.54, 1.807) is 24.3 Å². The first-order valence-corrected chi connectivity index (χ1v) is 7.52. The van der Waals surface area contributed by atoms with Gasteiger partial charge in [0.05, 0.1) is 12.3 Å². The zero-order valence-electron chi connectivity index (χ0n) is 10.5. The molecule has 0 atom stereocenters. The Morgan fingerprint density at radius 1 is 1.28 bits per heavy atom. The summed E-state index contributed by atoms with van der Waals surface area (Å²) in [4.78, 5) is 11.6. The first-order valence-electron chi connectivity index (χ1n) is 5.70. The van der Waals surface area contributed by atoms with Crippen LogP contribution in [0.2, 0.25) is 0 Å². The lowest BCUT2D eigenvalue weighted by molar-refractivity contribution is -0.113. The van der Waals surface area contributed by atoms with Gasteiger partial charge in [-0.15, -0.1) is 0 Å². The number of benzene rings is 1. The van der Waals surface area contributed by atoms with Crippen molar-refractivity contribution in [3.05, 3.63) is 24.3 Å². The van der Waals surface area contributed by atoms with Crippen molar-refractivity contribution in [1.29, 1.82) is 0 Å². The molecule has 0 saturated heterocycles. The van der Waals surface area contributed by atoms with Crippen molar-refractivity contribution in [2.75, 3.05) is 23.4 Å². The Morgan fingerprint density at radius 3 is 2.56 bits per heavy atom. The van der Waals surface area contributed by atoms with E-state index in [0.29, 0.717) is 18.0 Å². The Morgan fingerprint density at radius 2 is 1.94 bits per heavy atom. The maximum Gasteiger partial charge on any atom is 0.239 e. The molecule has 0 heterocycles. The molecule has 1 rings (SSSR count). The van der Waals surface area contributed by atoms with Gasteiger partial charge in [0.15, 0.2) is 9.84 Å². The minimum absolute atomic E-state index is 0.0481. The van der Waals surface area contributed by atoms with Gasteiger partial charge in [0.2, 0.25) is 5.91 Å². The van der Waals surface area contributed by atoms with Gasteiger partial charge in [-0.05, 0) is 19.1 Å². The second-order valence-corrected chi connectivity index (χ2v) is 6.01. The Labute approximate surface area is 107 Å². The number of anilines is 1. The second kappa shape index (κ2) is 6.39. The van der Waals surface area contributed by atoms with Crippen LogP contribution in [0.1, 0.15) is 13.8 Å². The molecule has 0 aliphatic heterocycles. The minimum Gasteiger partial charge on any atom is -0.492 e. The molecule has 5 nitrogen and oxygen atoms in total. The summed E-state index contributed by atoms with van der Waals surface area (Å²) in [6.07, 6.45) is 0. The fourth-order valence-corrected chi connectivity index (χ4v) is 2.02. The predicted octanol–water partition coefficient (Wildman–Crippen LogP) is 1.46. The molecule has 0 aliphatic rings. The van der Waals surface area contributed by atoms with Crippen LogP contribution in [0.4, 0.5) is 5.69 Å². The van der Waals surface area contributed by atoms with Crippen molar-refractivity contribution in [2.45, 2.75) is 13.8 Å². The van der Waals surface area contributed by atoms with Gasteiger partial charge in [-0.2, -0.15) is 0 Å². The number of hydrogen-bond donors (Lipinski definition) is 1. The number of carbonyl (C=O) groups is 1.